The lowest BCUT2D eigenvalue weighted by Crippen LogP contribution is -2.45. The van der Waals surface area contributed by atoms with E-state index in [0.29, 0.717) is 5.92 Å². The Morgan fingerprint density at radius 2 is 2.04 bits per heavy atom. The van der Waals surface area contributed by atoms with Gasteiger partial charge in [0.05, 0.1) is 11.8 Å². The first kappa shape index (κ1) is 19.1. The van der Waals surface area contributed by atoms with Crippen molar-refractivity contribution in [2.75, 3.05) is 11.9 Å². The zero-order valence-corrected chi connectivity index (χ0v) is 16.5. The highest BCUT2D eigenvalue weighted by molar-refractivity contribution is 5.95. The minimum Gasteiger partial charge on any atom is -0.369 e. The van der Waals surface area contributed by atoms with Gasteiger partial charge in [-0.15, -0.1) is 0 Å². The number of hydrogen-bond donors (Lipinski definition) is 1. The van der Waals surface area contributed by atoms with Crippen LogP contribution < -0.4 is 10.3 Å². The molecule has 0 saturated carbocycles. The molecule has 1 atom stereocenters. The Morgan fingerprint density at radius 3 is 2.74 bits per heavy atom. The standard InChI is InChI=1S/C22H26FN3O/c1-14-10-20-18(15(2)12-22(3,4)26(20)5)11-16(14)13-24-25-21(27)17-8-6-7-9-19(17)23/h6-11,13,15H,12H2,1-5H3,(H,25,27)/b24-13-. The zero-order chi connectivity index (χ0) is 19.8. The highest BCUT2D eigenvalue weighted by Gasteiger charge is 2.34. The summed E-state index contributed by atoms with van der Waals surface area (Å²) in [6.45, 7) is 8.79. The van der Waals surface area contributed by atoms with Gasteiger partial charge in [-0.1, -0.05) is 19.1 Å². The van der Waals surface area contributed by atoms with E-state index >= 15 is 0 Å². The molecule has 2 aromatic carbocycles. The molecule has 0 spiro atoms. The number of hydrazone groups is 1. The number of halogens is 1. The lowest BCUT2D eigenvalue weighted by molar-refractivity contribution is 0.0951. The molecular weight excluding hydrogens is 341 g/mol. The van der Waals surface area contributed by atoms with Crippen molar-refractivity contribution in [1.29, 1.82) is 0 Å². The van der Waals surface area contributed by atoms with Gasteiger partial charge in [0.15, 0.2) is 0 Å². The summed E-state index contributed by atoms with van der Waals surface area (Å²) in [6, 6.07) is 10.2. The van der Waals surface area contributed by atoms with Crippen molar-refractivity contribution >= 4 is 17.8 Å². The Labute approximate surface area is 160 Å². The third-order valence-corrected chi connectivity index (χ3v) is 5.51. The molecule has 1 N–H and O–H groups in total. The van der Waals surface area contributed by atoms with Crippen LogP contribution in [0.1, 0.15) is 60.2 Å². The van der Waals surface area contributed by atoms with Gasteiger partial charge < -0.3 is 4.90 Å². The molecule has 0 radical (unpaired) electrons. The zero-order valence-electron chi connectivity index (χ0n) is 16.5. The van der Waals surface area contributed by atoms with Crippen LogP contribution in [-0.4, -0.2) is 24.7 Å². The molecule has 1 amide bonds. The van der Waals surface area contributed by atoms with E-state index in [1.165, 1.54) is 23.4 Å². The fraction of sp³-hybridized carbons (Fsp3) is 0.364. The largest absolute Gasteiger partial charge is 0.369 e. The van der Waals surface area contributed by atoms with E-state index in [0.717, 1.165) is 17.5 Å². The molecule has 4 nitrogen and oxygen atoms in total. The van der Waals surface area contributed by atoms with Gasteiger partial charge in [0, 0.05) is 18.3 Å². The predicted molar refractivity (Wildman–Crippen MR) is 108 cm³/mol. The Balaban J connectivity index is 1.82. The summed E-state index contributed by atoms with van der Waals surface area (Å²) < 4.78 is 13.7. The molecule has 0 aromatic heterocycles. The van der Waals surface area contributed by atoms with E-state index in [9.17, 15) is 9.18 Å². The van der Waals surface area contributed by atoms with E-state index < -0.39 is 11.7 Å². The maximum absolute atomic E-state index is 13.7. The molecule has 3 rings (SSSR count). The van der Waals surface area contributed by atoms with Gasteiger partial charge in [-0.25, -0.2) is 9.82 Å². The third kappa shape index (κ3) is 3.72. The topological polar surface area (TPSA) is 44.7 Å². The minimum absolute atomic E-state index is 0.0192. The smallest absolute Gasteiger partial charge is 0.274 e. The van der Waals surface area contributed by atoms with Gasteiger partial charge >= 0.3 is 0 Å². The Bertz CT molecular complexity index is 904. The number of anilines is 1. The van der Waals surface area contributed by atoms with Crippen LogP contribution in [0.25, 0.3) is 0 Å². The summed E-state index contributed by atoms with van der Waals surface area (Å²) in [5.74, 6) is -0.684. The Hall–Kier alpha value is -2.69. The van der Waals surface area contributed by atoms with Crippen molar-refractivity contribution in [3.63, 3.8) is 0 Å². The number of benzene rings is 2. The van der Waals surface area contributed by atoms with Gasteiger partial charge in [0.2, 0.25) is 0 Å². The van der Waals surface area contributed by atoms with Crippen LogP contribution in [0, 0.1) is 12.7 Å². The normalized spacial score (nSPS) is 18.4. The molecule has 0 fully saturated rings. The number of aryl methyl sites for hydroxylation is 1. The third-order valence-electron chi connectivity index (χ3n) is 5.51. The van der Waals surface area contributed by atoms with Crippen molar-refractivity contribution in [2.45, 2.75) is 45.6 Å². The molecule has 1 aliphatic heterocycles. The van der Waals surface area contributed by atoms with Crippen LogP contribution in [-0.2, 0) is 0 Å². The first-order valence-corrected chi connectivity index (χ1v) is 9.17. The van der Waals surface area contributed by atoms with Crippen LogP contribution in [0.15, 0.2) is 41.5 Å². The number of fused-ring (bicyclic) bond motifs is 1. The number of rotatable bonds is 3. The number of nitrogens with zero attached hydrogens (tertiary/aromatic N) is 2. The quantitative estimate of drug-likeness (QED) is 0.635. The molecule has 1 unspecified atom stereocenters. The van der Waals surface area contributed by atoms with Crippen molar-refractivity contribution in [3.8, 4) is 0 Å². The summed E-state index contributed by atoms with van der Waals surface area (Å²) in [6.07, 6.45) is 2.70. The molecule has 5 heteroatoms. The maximum atomic E-state index is 13.7. The SMILES string of the molecule is Cc1cc2c(cc1/C=N\NC(=O)c1ccccc1F)C(C)CC(C)(C)N2C. The average Bonchev–Trinajstić information content (AvgIpc) is 2.60. The first-order valence-electron chi connectivity index (χ1n) is 9.17. The summed E-state index contributed by atoms with van der Waals surface area (Å²) in [5.41, 5.74) is 7.05. The molecule has 0 saturated heterocycles. The fourth-order valence-electron chi connectivity index (χ4n) is 3.74. The predicted octanol–water partition coefficient (Wildman–Crippen LogP) is 4.62. The second-order valence-electron chi connectivity index (χ2n) is 7.92. The molecule has 0 bridgehead atoms. The first-order chi connectivity index (χ1) is 12.7. The minimum atomic E-state index is -0.561. The molecule has 1 aliphatic rings. The summed E-state index contributed by atoms with van der Waals surface area (Å²) in [4.78, 5) is 14.4. The van der Waals surface area contributed by atoms with Crippen LogP contribution in [0.4, 0.5) is 10.1 Å². The number of carbonyl (C=O) groups is 1. The van der Waals surface area contributed by atoms with Gasteiger partial charge in [-0.05, 0) is 74.1 Å². The van der Waals surface area contributed by atoms with Crippen molar-refractivity contribution < 1.29 is 9.18 Å². The van der Waals surface area contributed by atoms with Gasteiger partial charge in [0.25, 0.3) is 5.91 Å². The van der Waals surface area contributed by atoms with Crippen molar-refractivity contribution in [3.05, 3.63) is 64.5 Å². The second kappa shape index (κ2) is 7.14. The molecule has 142 valence electrons. The van der Waals surface area contributed by atoms with Crippen molar-refractivity contribution in [2.24, 2.45) is 5.10 Å². The average molecular weight is 367 g/mol. The lowest BCUT2D eigenvalue weighted by atomic mass is 9.79. The van der Waals surface area contributed by atoms with E-state index in [-0.39, 0.29) is 11.1 Å². The molecule has 1 heterocycles. The van der Waals surface area contributed by atoms with Crippen LogP contribution >= 0.6 is 0 Å². The molecule has 27 heavy (non-hydrogen) atoms. The summed E-state index contributed by atoms with van der Waals surface area (Å²) >= 11 is 0. The maximum Gasteiger partial charge on any atom is 0.274 e. The highest BCUT2D eigenvalue weighted by Crippen LogP contribution is 2.43. The Kier molecular flexibility index (Phi) is 5.05. The summed E-state index contributed by atoms with van der Waals surface area (Å²) in [7, 11) is 2.13. The van der Waals surface area contributed by atoms with E-state index in [2.05, 4.69) is 55.4 Å². The number of amides is 1. The van der Waals surface area contributed by atoms with E-state index in [1.807, 2.05) is 6.92 Å². The number of carbonyl (C=O) groups excluding carboxylic acids is 1. The second-order valence-corrected chi connectivity index (χ2v) is 7.92. The Morgan fingerprint density at radius 1 is 1.33 bits per heavy atom. The van der Waals surface area contributed by atoms with Crippen LogP contribution in [0.2, 0.25) is 0 Å². The van der Waals surface area contributed by atoms with Crippen LogP contribution in [0.3, 0.4) is 0 Å². The van der Waals surface area contributed by atoms with Gasteiger partial charge in [-0.2, -0.15) is 5.10 Å². The monoisotopic (exact) mass is 367 g/mol. The summed E-state index contributed by atoms with van der Waals surface area (Å²) in [5, 5.41) is 4.04. The highest BCUT2D eigenvalue weighted by atomic mass is 19.1. The van der Waals surface area contributed by atoms with Crippen molar-refractivity contribution in [1.82, 2.24) is 5.43 Å². The molecule has 2 aromatic rings. The van der Waals surface area contributed by atoms with Gasteiger partial charge in [0.1, 0.15) is 5.82 Å². The molecule has 0 aliphatic carbocycles. The molecular formula is C22H26FN3O. The fourth-order valence-corrected chi connectivity index (χ4v) is 3.74. The van der Waals surface area contributed by atoms with Gasteiger partial charge in [-0.3, -0.25) is 4.79 Å². The number of nitrogens with one attached hydrogen (secondary N) is 1. The van der Waals surface area contributed by atoms with E-state index in [1.54, 1.807) is 18.3 Å². The number of hydrogen-bond acceptors (Lipinski definition) is 3. The lowest BCUT2D eigenvalue weighted by Gasteiger charge is -2.45. The van der Waals surface area contributed by atoms with E-state index in [4.69, 9.17) is 0 Å². The van der Waals surface area contributed by atoms with Crippen LogP contribution in [0.5, 0.6) is 0 Å².